The van der Waals surface area contributed by atoms with E-state index in [0.717, 1.165) is 16.8 Å². The van der Waals surface area contributed by atoms with Crippen LogP contribution in [0.5, 0.6) is 5.75 Å². The number of hydrogen-bond donors (Lipinski definition) is 1. The largest absolute Gasteiger partial charge is 0.482 e. The third-order valence-electron chi connectivity index (χ3n) is 2.53. The van der Waals surface area contributed by atoms with Crippen molar-refractivity contribution in [1.82, 2.24) is 0 Å². The molecule has 0 saturated heterocycles. The number of nitrogens with zero attached hydrogens (tertiary/aromatic N) is 2. The van der Waals surface area contributed by atoms with Gasteiger partial charge in [-0.2, -0.15) is 10.2 Å². The topological polar surface area (TPSA) is 63.0 Å². The Morgan fingerprint density at radius 3 is 3.19 bits per heavy atom. The normalized spacial score (nSPS) is 16.9. The van der Waals surface area contributed by atoms with Crippen molar-refractivity contribution < 1.29 is 9.53 Å². The Kier molecular flexibility index (Phi) is 1.96. The zero-order chi connectivity index (χ0) is 11.0. The maximum absolute atomic E-state index is 11.2. The first-order chi connectivity index (χ1) is 7.83. The molecule has 0 radical (unpaired) electrons. The molecule has 0 aromatic heterocycles. The van der Waals surface area contributed by atoms with Crippen molar-refractivity contribution in [3.8, 4) is 5.75 Å². The summed E-state index contributed by atoms with van der Waals surface area (Å²) in [6.45, 7) is 0.0689. The molecule has 2 aliphatic rings. The summed E-state index contributed by atoms with van der Waals surface area (Å²) in [6, 6.07) is 3.79. The lowest BCUT2D eigenvalue weighted by Gasteiger charge is -2.19. The molecule has 3 rings (SSSR count). The molecule has 1 N–H and O–H groups in total. The molecule has 0 bridgehead atoms. The summed E-state index contributed by atoms with van der Waals surface area (Å²) in [6.07, 6.45) is 4.14. The lowest BCUT2D eigenvalue weighted by Crippen LogP contribution is -2.25. The number of carbonyl (C=O) groups is 1. The fourth-order valence-corrected chi connectivity index (χ4v) is 1.77. The Balaban J connectivity index is 2.10. The van der Waals surface area contributed by atoms with Crippen LogP contribution < -0.4 is 10.1 Å². The highest BCUT2D eigenvalue weighted by Crippen LogP contribution is 2.31. The third kappa shape index (κ3) is 1.46. The van der Waals surface area contributed by atoms with E-state index in [2.05, 4.69) is 15.5 Å². The van der Waals surface area contributed by atoms with E-state index in [1.807, 2.05) is 12.1 Å². The molecule has 16 heavy (non-hydrogen) atoms. The minimum absolute atomic E-state index is 0.0689. The number of ether oxygens (including phenoxy) is 1. The van der Waals surface area contributed by atoms with Crippen LogP contribution in [0.4, 0.5) is 5.69 Å². The number of hydrogen-bond acceptors (Lipinski definition) is 4. The van der Waals surface area contributed by atoms with Crippen LogP contribution in [0, 0.1) is 0 Å². The molecule has 0 aliphatic carbocycles. The molecule has 0 atom stereocenters. The summed E-state index contributed by atoms with van der Waals surface area (Å²) in [4.78, 5) is 11.2. The van der Waals surface area contributed by atoms with E-state index in [1.165, 1.54) is 0 Å². The second-order valence-electron chi connectivity index (χ2n) is 3.63. The molecular weight excluding hydrogens is 206 g/mol. The second-order valence-corrected chi connectivity index (χ2v) is 3.63. The highest BCUT2D eigenvalue weighted by molar-refractivity contribution is 5.97. The lowest BCUT2D eigenvalue weighted by molar-refractivity contribution is -0.118. The van der Waals surface area contributed by atoms with E-state index in [4.69, 9.17) is 4.74 Å². The van der Waals surface area contributed by atoms with Crippen molar-refractivity contribution in [2.45, 2.75) is 6.42 Å². The molecule has 1 amide bonds. The van der Waals surface area contributed by atoms with Gasteiger partial charge in [0.1, 0.15) is 5.75 Å². The second kappa shape index (κ2) is 3.44. The molecule has 0 spiro atoms. The van der Waals surface area contributed by atoms with Gasteiger partial charge in [-0.3, -0.25) is 4.79 Å². The van der Waals surface area contributed by atoms with Gasteiger partial charge in [-0.25, -0.2) is 0 Å². The van der Waals surface area contributed by atoms with Crippen LogP contribution in [-0.2, 0) is 11.2 Å². The van der Waals surface area contributed by atoms with Crippen molar-refractivity contribution >= 4 is 24.0 Å². The van der Waals surface area contributed by atoms with Gasteiger partial charge in [0.15, 0.2) is 6.61 Å². The van der Waals surface area contributed by atoms with E-state index in [9.17, 15) is 4.79 Å². The quantitative estimate of drug-likeness (QED) is 0.701. The van der Waals surface area contributed by atoms with Crippen LogP contribution in [-0.4, -0.2) is 24.9 Å². The molecule has 0 unspecified atom stereocenters. The maximum Gasteiger partial charge on any atom is 0.262 e. The summed E-state index contributed by atoms with van der Waals surface area (Å²) in [5.41, 5.74) is 2.78. The van der Waals surface area contributed by atoms with Crippen molar-refractivity contribution in [3.63, 3.8) is 0 Å². The molecular formula is C11H9N3O2. The molecule has 1 aromatic rings. The molecule has 80 valence electrons. The SMILES string of the molecule is O=C1COc2cc3c(cc2N1)CC=NN=C3. The average Bonchev–Trinajstić information content (AvgIpc) is 2.50. The van der Waals surface area contributed by atoms with E-state index in [-0.39, 0.29) is 12.5 Å². The van der Waals surface area contributed by atoms with E-state index >= 15 is 0 Å². The first-order valence-corrected chi connectivity index (χ1v) is 4.97. The fourth-order valence-electron chi connectivity index (χ4n) is 1.77. The molecule has 1 aromatic carbocycles. The molecule has 0 saturated carbocycles. The van der Waals surface area contributed by atoms with Crippen LogP contribution in [0.2, 0.25) is 0 Å². The van der Waals surface area contributed by atoms with Gasteiger partial charge >= 0.3 is 0 Å². The van der Waals surface area contributed by atoms with E-state index in [0.29, 0.717) is 12.2 Å². The monoisotopic (exact) mass is 215 g/mol. The Labute approximate surface area is 91.8 Å². The Hall–Kier alpha value is -2.17. The summed E-state index contributed by atoms with van der Waals surface area (Å²) in [5, 5.41) is 10.5. The van der Waals surface area contributed by atoms with Gasteiger partial charge in [0.05, 0.1) is 11.9 Å². The van der Waals surface area contributed by atoms with Crippen LogP contribution in [0.15, 0.2) is 22.3 Å². The number of rotatable bonds is 0. The minimum atomic E-state index is -0.122. The Morgan fingerprint density at radius 1 is 1.31 bits per heavy atom. The lowest BCUT2D eigenvalue weighted by atomic mass is 10.0. The van der Waals surface area contributed by atoms with Crippen molar-refractivity contribution in [2.24, 2.45) is 10.2 Å². The van der Waals surface area contributed by atoms with Crippen LogP contribution in [0.3, 0.4) is 0 Å². The van der Waals surface area contributed by atoms with Gasteiger partial charge < -0.3 is 10.1 Å². The van der Waals surface area contributed by atoms with Gasteiger partial charge in [0.25, 0.3) is 5.91 Å². The van der Waals surface area contributed by atoms with Crippen molar-refractivity contribution in [2.75, 3.05) is 11.9 Å². The zero-order valence-corrected chi connectivity index (χ0v) is 8.43. The third-order valence-corrected chi connectivity index (χ3v) is 2.53. The van der Waals surface area contributed by atoms with Crippen LogP contribution >= 0.6 is 0 Å². The van der Waals surface area contributed by atoms with Gasteiger partial charge in [-0.15, -0.1) is 0 Å². The van der Waals surface area contributed by atoms with Gasteiger partial charge in [-0.05, 0) is 17.7 Å². The number of benzene rings is 1. The van der Waals surface area contributed by atoms with Gasteiger partial charge in [0, 0.05) is 18.2 Å². The minimum Gasteiger partial charge on any atom is -0.482 e. The molecule has 2 aliphatic heterocycles. The first kappa shape index (κ1) is 9.08. The number of fused-ring (bicyclic) bond motifs is 2. The highest BCUT2D eigenvalue weighted by Gasteiger charge is 2.18. The summed E-state index contributed by atoms with van der Waals surface area (Å²) < 4.78 is 5.33. The number of amides is 1. The predicted octanol–water partition coefficient (Wildman–Crippen LogP) is 0.978. The molecule has 5 heteroatoms. The van der Waals surface area contributed by atoms with Crippen molar-refractivity contribution in [3.05, 3.63) is 23.3 Å². The Bertz CT molecular complexity index is 520. The zero-order valence-electron chi connectivity index (χ0n) is 8.43. The summed E-state index contributed by atoms with van der Waals surface area (Å²) in [5.74, 6) is 0.565. The van der Waals surface area contributed by atoms with Crippen LogP contribution in [0.1, 0.15) is 11.1 Å². The fraction of sp³-hybridized carbons (Fsp3) is 0.182. The smallest absolute Gasteiger partial charge is 0.262 e. The van der Waals surface area contributed by atoms with Crippen molar-refractivity contribution in [1.29, 1.82) is 0 Å². The molecule has 2 heterocycles. The van der Waals surface area contributed by atoms with E-state index < -0.39 is 0 Å². The summed E-state index contributed by atoms with van der Waals surface area (Å²) in [7, 11) is 0. The Morgan fingerprint density at radius 2 is 2.25 bits per heavy atom. The molecule has 0 fully saturated rings. The number of carbonyl (C=O) groups excluding carboxylic acids is 1. The first-order valence-electron chi connectivity index (χ1n) is 4.97. The average molecular weight is 215 g/mol. The van der Waals surface area contributed by atoms with Gasteiger partial charge in [-0.1, -0.05) is 0 Å². The predicted molar refractivity (Wildman–Crippen MR) is 60.4 cm³/mol. The van der Waals surface area contributed by atoms with Gasteiger partial charge in [0.2, 0.25) is 0 Å². The summed E-state index contributed by atoms with van der Waals surface area (Å²) >= 11 is 0. The van der Waals surface area contributed by atoms with Crippen LogP contribution in [0.25, 0.3) is 0 Å². The highest BCUT2D eigenvalue weighted by atomic mass is 16.5. The number of nitrogens with one attached hydrogen (secondary N) is 1. The van der Waals surface area contributed by atoms with E-state index in [1.54, 1.807) is 12.4 Å². The maximum atomic E-state index is 11.2. The molecule has 5 nitrogen and oxygen atoms in total. The standard InChI is InChI=1S/C11H9N3O2/c15-11-6-16-10-4-8-5-13-12-2-1-7(8)3-9(10)14-11/h2-5H,1,6H2,(H,14,15). The number of anilines is 1.